The van der Waals surface area contributed by atoms with Crippen LogP contribution in [0.5, 0.6) is 0 Å². The fourth-order valence-corrected chi connectivity index (χ4v) is 6.24. The molecule has 1 aliphatic carbocycles. The van der Waals surface area contributed by atoms with Crippen molar-refractivity contribution in [2.24, 2.45) is 5.73 Å². The fourth-order valence-electron chi connectivity index (χ4n) is 4.14. The van der Waals surface area contributed by atoms with Gasteiger partial charge in [0.2, 0.25) is 5.13 Å². The van der Waals surface area contributed by atoms with Gasteiger partial charge in [0, 0.05) is 41.2 Å². The van der Waals surface area contributed by atoms with Crippen LogP contribution in [0.25, 0.3) is 0 Å². The summed E-state index contributed by atoms with van der Waals surface area (Å²) in [5, 5.41) is 24.2. The molecule has 1 aliphatic heterocycles. The second-order valence-corrected chi connectivity index (χ2v) is 10.6. The zero-order valence-corrected chi connectivity index (χ0v) is 19.7. The van der Waals surface area contributed by atoms with Gasteiger partial charge < -0.3 is 5.73 Å². The molecule has 0 spiro atoms. The number of nitrogens with two attached hydrogens (primary N) is 1. The summed E-state index contributed by atoms with van der Waals surface area (Å²) in [4.78, 5) is 15.0. The number of carbonyl (C=O) groups excluding carboxylic acids is 1. The lowest BCUT2D eigenvalue weighted by atomic mass is 9.76. The SMILES string of the molecule is CCn1cc([C@@H]2C(C#N)=C(N)N(c3nnc(SC(C)C)s3)C3=C2C(=O)CCC3)c(C)n1. The van der Waals surface area contributed by atoms with Crippen molar-refractivity contribution in [2.45, 2.75) is 69.0 Å². The Hall–Kier alpha value is -2.64. The zero-order valence-electron chi connectivity index (χ0n) is 18.0. The second-order valence-electron chi connectivity index (χ2n) is 7.86. The Morgan fingerprint density at radius 1 is 1.39 bits per heavy atom. The number of nitriles is 1. The Kier molecular flexibility index (Phi) is 5.90. The number of anilines is 1. The van der Waals surface area contributed by atoms with Crippen molar-refractivity contribution in [2.75, 3.05) is 4.90 Å². The summed E-state index contributed by atoms with van der Waals surface area (Å²) in [5.41, 5.74) is 10.1. The Morgan fingerprint density at radius 3 is 2.81 bits per heavy atom. The Morgan fingerprint density at radius 2 is 2.16 bits per heavy atom. The van der Waals surface area contributed by atoms with E-state index >= 15 is 0 Å². The van der Waals surface area contributed by atoms with E-state index in [0.29, 0.717) is 46.7 Å². The Labute approximate surface area is 189 Å². The van der Waals surface area contributed by atoms with Crippen LogP contribution in [0.2, 0.25) is 0 Å². The van der Waals surface area contributed by atoms with Gasteiger partial charge in [-0.15, -0.1) is 10.2 Å². The maximum atomic E-state index is 13.2. The van der Waals surface area contributed by atoms with Crippen LogP contribution in [-0.2, 0) is 11.3 Å². The molecule has 1 atom stereocenters. The minimum absolute atomic E-state index is 0.0569. The van der Waals surface area contributed by atoms with Crippen LogP contribution < -0.4 is 10.6 Å². The third-order valence-corrected chi connectivity index (χ3v) is 7.45. The summed E-state index contributed by atoms with van der Waals surface area (Å²) in [6, 6.07) is 2.29. The molecule has 162 valence electrons. The third kappa shape index (κ3) is 3.77. The topological polar surface area (TPSA) is 114 Å². The summed E-state index contributed by atoms with van der Waals surface area (Å²) in [6.45, 7) is 8.82. The number of aryl methyl sites for hydroxylation is 2. The molecule has 10 heteroatoms. The molecule has 2 aliphatic rings. The number of allylic oxidation sites excluding steroid dienone is 3. The van der Waals surface area contributed by atoms with Crippen molar-refractivity contribution < 1.29 is 4.79 Å². The third-order valence-electron chi connectivity index (χ3n) is 5.46. The lowest BCUT2D eigenvalue weighted by Gasteiger charge is -2.37. The van der Waals surface area contributed by atoms with E-state index in [1.807, 2.05) is 24.7 Å². The average molecular weight is 456 g/mol. The lowest BCUT2D eigenvalue weighted by Crippen LogP contribution is -2.38. The molecule has 2 aromatic heterocycles. The van der Waals surface area contributed by atoms with E-state index in [9.17, 15) is 10.1 Å². The van der Waals surface area contributed by atoms with Crippen molar-refractivity contribution in [3.8, 4) is 6.07 Å². The highest BCUT2D eigenvalue weighted by Crippen LogP contribution is 2.47. The van der Waals surface area contributed by atoms with Crippen molar-refractivity contribution in [3.05, 3.63) is 40.1 Å². The summed E-state index contributed by atoms with van der Waals surface area (Å²) in [7, 11) is 0. The van der Waals surface area contributed by atoms with Gasteiger partial charge in [-0.3, -0.25) is 14.4 Å². The van der Waals surface area contributed by atoms with Crippen molar-refractivity contribution in [1.29, 1.82) is 5.26 Å². The Balaban J connectivity index is 1.89. The van der Waals surface area contributed by atoms with Gasteiger partial charge in [0.05, 0.1) is 23.3 Å². The molecule has 0 bridgehead atoms. The molecule has 0 aromatic carbocycles. The van der Waals surface area contributed by atoms with E-state index in [1.165, 1.54) is 11.3 Å². The van der Waals surface area contributed by atoms with Crippen LogP contribution in [0, 0.1) is 18.3 Å². The molecule has 4 rings (SSSR count). The first-order chi connectivity index (χ1) is 14.8. The highest BCUT2D eigenvalue weighted by molar-refractivity contribution is 8.01. The number of Topliss-reactive ketones (excluding diaryl/α,β-unsaturated/α-hetero) is 1. The van der Waals surface area contributed by atoms with Gasteiger partial charge >= 0.3 is 0 Å². The molecule has 8 nitrogen and oxygen atoms in total. The molecule has 31 heavy (non-hydrogen) atoms. The van der Waals surface area contributed by atoms with Gasteiger partial charge in [-0.1, -0.05) is 36.9 Å². The normalized spacial score (nSPS) is 19.3. The number of hydrogen-bond acceptors (Lipinski definition) is 9. The van der Waals surface area contributed by atoms with E-state index in [-0.39, 0.29) is 5.78 Å². The fraction of sp³-hybridized carbons (Fsp3) is 0.476. The number of hydrogen-bond donors (Lipinski definition) is 1. The predicted octanol–water partition coefficient (Wildman–Crippen LogP) is 3.87. The van der Waals surface area contributed by atoms with E-state index in [4.69, 9.17) is 5.73 Å². The minimum Gasteiger partial charge on any atom is -0.384 e. The van der Waals surface area contributed by atoms with Gasteiger partial charge in [0.25, 0.3) is 0 Å². The maximum absolute atomic E-state index is 13.2. The number of ketones is 1. The van der Waals surface area contributed by atoms with Gasteiger partial charge in [0.1, 0.15) is 5.82 Å². The molecule has 0 radical (unpaired) electrons. The van der Waals surface area contributed by atoms with Gasteiger partial charge in [-0.2, -0.15) is 10.4 Å². The molecule has 3 heterocycles. The first kappa shape index (κ1) is 21.6. The Bertz CT molecular complexity index is 1140. The lowest BCUT2D eigenvalue weighted by molar-refractivity contribution is -0.116. The van der Waals surface area contributed by atoms with Crippen LogP contribution >= 0.6 is 23.1 Å². The second kappa shape index (κ2) is 8.48. The van der Waals surface area contributed by atoms with Gasteiger partial charge in [-0.05, 0) is 26.7 Å². The molecule has 0 saturated carbocycles. The quantitative estimate of drug-likeness (QED) is 0.676. The molecule has 0 unspecified atom stereocenters. The number of nitrogens with zero attached hydrogens (tertiary/aromatic N) is 6. The van der Waals surface area contributed by atoms with Crippen LogP contribution in [0.1, 0.15) is 57.2 Å². The number of aromatic nitrogens is 4. The first-order valence-electron chi connectivity index (χ1n) is 10.4. The standard InChI is InChI=1S/C21H25N7OS2/c1-5-27-10-14(12(4)26-27)17-13(9-22)19(23)28(15-7-6-8-16(29)18(15)17)20-24-25-21(31-20)30-11(2)3/h10-11,17H,5-8,23H2,1-4H3/t17-/m0/s1. The van der Waals surface area contributed by atoms with Gasteiger partial charge in [0.15, 0.2) is 10.1 Å². The van der Waals surface area contributed by atoms with E-state index < -0.39 is 5.92 Å². The minimum atomic E-state index is -0.498. The van der Waals surface area contributed by atoms with Crippen molar-refractivity contribution in [3.63, 3.8) is 0 Å². The molecular weight excluding hydrogens is 430 g/mol. The van der Waals surface area contributed by atoms with Crippen molar-refractivity contribution >= 4 is 34.0 Å². The van der Waals surface area contributed by atoms with Crippen molar-refractivity contribution in [1.82, 2.24) is 20.0 Å². The molecule has 0 amide bonds. The monoisotopic (exact) mass is 455 g/mol. The summed E-state index contributed by atoms with van der Waals surface area (Å²) in [5.74, 6) is -0.120. The molecule has 0 fully saturated rings. The summed E-state index contributed by atoms with van der Waals surface area (Å²) < 4.78 is 2.67. The van der Waals surface area contributed by atoms with Crippen LogP contribution in [0.3, 0.4) is 0 Å². The highest BCUT2D eigenvalue weighted by Gasteiger charge is 2.42. The average Bonchev–Trinajstić information content (AvgIpc) is 3.33. The molecule has 0 saturated heterocycles. The van der Waals surface area contributed by atoms with E-state index in [2.05, 4.69) is 35.2 Å². The van der Waals surface area contributed by atoms with Crippen LogP contribution in [0.4, 0.5) is 5.13 Å². The number of rotatable bonds is 5. The number of thioether (sulfide) groups is 1. The summed E-state index contributed by atoms with van der Waals surface area (Å²) >= 11 is 3.06. The molecule has 2 aromatic rings. The number of carbonyl (C=O) groups is 1. The largest absolute Gasteiger partial charge is 0.384 e. The van der Waals surface area contributed by atoms with E-state index in [0.717, 1.165) is 27.7 Å². The molecular formula is C21H25N7OS2. The zero-order chi connectivity index (χ0) is 22.3. The van der Waals surface area contributed by atoms with Crippen LogP contribution in [-0.4, -0.2) is 31.0 Å². The molecule has 2 N–H and O–H groups in total. The predicted molar refractivity (Wildman–Crippen MR) is 121 cm³/mol. The van der Waals surface area contributed by atoms with Crippen LogP contribution in [0.15, 0.2) is 33.2 Å². The highest BCUT2D eigenvalue weighted by atomic mass is 32.2. The van der Waals surface area contributed by atoms with E-state index in [1.54, 1.807) is 16.7 Å². The smallest absolute Gasteiger partial charge is 0.219 e. The van der Waals surface area contributed by atoms with Gasteiger partial charge in [-0.25, -0.2) is 0 Å². The first-order valence-corrected chi connectivity index (χ1v) is 12.1. The summed E-state index contributed by atoms with van der Waals surface area (Å²) in [6.07, 6.45) is 3.84. The maximum Gasteiger partial charge on any atom is 0.219 e.